The Labute approximate surface area is 180 Å². The number of benzene rings is 3. The summed E-state index contributed by atoms with van der Waals surface area (Å²) in [5.74, 6) is 1.58. The van der Waals surface area contributed by atoms with Gasteiger partial charge in [0.15, 0.2) is 0 Å². The first-order valence-corrected chi connectivity index (χ1v) is 10.6. The lowest BCUT2D eigenvalue weighted by atomic mass is 10.0. The van der Waals surface area contributed by atoms with Crippen molar-refractivity contribution >= 4 is 21.9 Å². The van der Waals surface area contributed by atoms with E-state index in [2.05, 4.69) is 41.9 Å². The Kier molecular flexibility index (Phi) is 7.48. The van der Waals surface area contributed by atoms with Crippen molar-refractivity contribution in [1.82, 2.24) is 0 Å². The highest BCUT2D eigenvalue weighted by atomic mass is 79.9. The second-order valence-electron chi connectivity index (χ2n) is 7.16. The maximum Gasteiger partial charge on any atom is 0.311 e. The monoisotopic (exact) mass is 452 g/mol. The van der Waals surface area contributed by atoms with Gasteiger partial charge in [-0.25, -0.2) is 0 Å². The molecular formula is C25H25BrO3. The minimum Gasteiger partial charge on any atom is -0.494 e. The summed E-state index contributed by atoms with van der Waals surface area (Å²) in [6, 6.07) is 23.9. The SMILES string of the molecule is CC(C)c1ccc(OCCCC(=O)Oc2ccc(-c3ccccc3)cc2Br)cc1. The minimum absolute atomic E-state index is 0.267. The Bertz CT molecular complexity index is 934. The van der Waals surface area contributed by atoms with Crippen molar-refractivity contribution in [3.8, 4) is 22.6 Å². The molecule has 3 aromatic rings. The number of carbonyl (C=O) groups is 1. The number of ether oxygens (including phenoxy) is 2. The maximum absolute atomic E-state index is 12.2. The summed E-state index contributed by atoms with van der Waals surface area (Å²) in [4.78, 5) is 12.2. The first-order valence-electron chi connectivity index (χ1n) is 9.81. The van der Waals surface area contributed by atoms with Gasteiger partial charge in [0.25, 0.3) is 0 Å². The fourth-order valence-corrected chi connectivity index (χ4v) is 3.38. The summed E-state index contributed by atoms with van der Waals surface area (Å²) in [6.07, 6.45) is 0.904. The van der Waals surface area contributed by atoms with Gasteiger partial charge in [0.05, 0.1) is 11.1 Å². The van der Waals surface area contributed by atoms with E-state index in [9.17, 15) is 4.79 Å². The van der Waals surface area contributed by atoms with Crippen molar-refractivity contribution in [3.63, 3.8) is 0 Å². The Morgan fingerprint density at radius 1 is 0.931 bits per heavy atom. The highest BCUT2D eigenvalue weighted by Gasteiger charge is 2.10. The van der Waals surface area contributed by atoms with Crippen molar-refractivity contribution < 1.29 is 14.3 Å². The first-order chi connectivity index (χ1) is 14.0. The number of carbonyl (C=O) groups excluding carboxylic acids is 1. The van der Waals surface area contributed by atoms with Crippen LogP contribution in [0.1, 0.15) is 38.2 Å². The van der Waals surface area contributed by atoms with Crippen molar-refractivity contribution in [1.29, 1.82) is 0 Å². The molecule has 0 saturated carbocycles. The zero-order valence-corrected chi connectivity index (χ0v) is 18.3. The third kappa shape index (κ3) is 6.20. The molecule has 4 heteroatoms. The molecule has 0 bridgehead atoms. The quantitative estimate of drug-likeness (QED) is 0.209. The van der Waals surface area contributed by atoms with E-state index in [1.165, 1.54) is 5.56 Å². The van der Waals surface area contributed by atoms with Gasteiger partial charge in [-0.15, -0.1) is 0 Å². The third-order valence-corrected chi connectivity index (χ3v) is 5.22. The molecule has 3 rings (SSSR count). The van der Waals surface area contributed by atoms with Crippen LogP contribution in [-0.4, -0.2) is 12.6 Å². The molecule has 0 unspecified atom stereocenters. The predicted octanol–water partition coefficient (Wildman–Crippen LogP) is 7.00. The maximum atomic E-state index is 12.2. The van der Waals surface area contributed by atoms with Gasteiger partial charge in [-0.1, -0.05) is 62.4 Å². The van der Waals surface area contributed by atoms with Gasteiger partial charge < -0.3 is 9.47 Å². The van der Waals surface area contributed by atoms with Gasteiger partial charge in [0.2, 0.25) is 0 Å². The van der Waals surface area contributed by atoms with Crippen molar-refractivity contribution in [3.05, 3.63) is 82.8 Å². The van der Waals surface area contributed by atoms with E-state index in [-0.39, 0.29) is 5.97 Å². The normalized spacial score (nSPS) is 10.8. The molecule has 0 aromatic heterocycles. The van der Waals surface area contributed by atoms with Gasteiger partial charge in [0, 0.05) is 6.42 Å². The van der Waals surface area contributed by atoms with Crippen molar-refractivity contribution in [2.75, 3.05) is 6.61 Å². The summed E-state index contributed by atoms with van der Waals surface area (Å²) in [7, 11) is 0. The molecule has 3 nitrogen and oxygen atoms in total. The van der Waals surface area contributed by atoms with Crippen LogP contribution >= 0.6 is 15.9 Å². The largest absolute Gasteiger partial charge is 0.494 e. The number of hydrogen-bond acceptors (Lipinski definition) is 3. The fraction of sp³-hybridized carbons (Fsp3) is 0.240. The average molecular weight is 453 g/mol. The van der Waals surface area contributed by atoms with E-state index in [4.69, 9.17) is 9.47 Å². The zero-order valence-electron chi connectivity index (χ0n) is 16.7. The Morgan fingerprint density at radius 3 is 2.31 bits per heavy atom. The average Bonchev–Trinajstić information content (AvgIpc) is 2.73. The fourth-order valence-electron chi connectivity index (χ4n) is 2.92. The van der Waals surface area contributed by atoms with Crippen LogP contribution in [0, 0.1) is 0 Å². The topological polar surface area (TPSA) is 35.5 Å². The Balaban J connectivity index is 1.46. The van der Waals surface area contributed by atoms with Gasteiger partial charge in [-0.3, -0.25) is 4.79 Å². The molecule has 0 radical (unpaired) electrons. The molecule has 0 saturated heterocycles. The van der Waals surface area contributed by atoms with E-state index in [0.717, 1.165) is 21.3 Å². The third-order valence-electron chi connectivity index (χ3n) is 4.60. The molecule has 0 aliphatic heterocycles. The van der Waals surface area contributed by atoms with Crippen LogP contribution in [0.5, 0.6) is 11.5 Å². The summed E-state index contributed by atoms with van der Waals surface area (Å²) < 4.78 is 12.0. The lowest BCUT2D eigenvalue weighted by molar-refractivity contribution is -0.134. The smallest absolute Gasteiger partial charge is 0.311 e. The molecular weight excluding hydrogens is 428 g/mol. The lowest BCUT2D eigenvalue weighted by Gasteiger charge is -2.10. The molecule has 150 valence electrons. The molecule has 29 heavy (non-hydrogen) atoms. The van der Waals surface area contributed by atoms with Crippen LogP contribution in [0.3, 0.4) is 0 Å². The highest BCUT2D eigenvalue weighted by Crippen LogP contribution is 2.31. The van der Waals surface area contributed by atoms with Crippen LogP contribution in [0.25, 0.3) is 11.1 Å². The molecule has 0 amide bonds. The standard InChI is InChI=1S/C25H25BrO3/c1-18(2)19-10-13-22(14-11-19)28-16-6-9-25(27)29-24-15-12-21(17-23(24)26)20-7-4-3-5-8-20/h3-5,7-8,10-15,17-18H,6,9,16H2,1-2H3. The summed E-state index contributed by atoms with van der Waals surface area (Å²) >= 11 is 3.50. The second kappa shape index (κ2) is 10.3. The molecule has 0 spiro atoms. The Morgan fingerprint density at radius 2 is 1.66 bits per heavy atom. The summed E-state index contributed by atoms with van der Waals surface area (Å²) in [5.41, 5.74) is 3.46. The van der Waals surface area contributed by atoms with Crippen LogP contribution in [-0.2, 0) is 4.79 Å². The van der Waals surface area contributed by atoms with Crippen molar-refractivity contribution in [2.24, 2.45) is 0 Å². The minimum atomic E-state index is -0.267. The van der Waals surface area contributed by atoms with Crippen LogP contribution in [0.4, 0.5) is 0 Å². The van der Waals surface area contributed by atoms with E-state index in [1.54, 1.807) is 0 Å². The zero-order chi connectivity index (χ0) is 20.6. The number of halogens is 1. The van der Waals surface area contributed by atoms with E-state index < -0.39 is 0 Å². The predicted molar refractivity (Wildman–Crippen MR) is 120 cm³/mol. The first kappa shape index (κ1) is 21.1. The van der Waals surface area contributed by atoms with E-state index >= 15 is 0 Å². The van der Waals surface area contributed by atoms with Crippen LogP contribution < -0.4 is 9.47 Å². The summed E-state index contributed by atoms with van der Waals surface area (Å²) in [6.45, 7) is 4.80. The van der Waals surface area contributed by atoms with Crippen LogP contribution in [0.2, 0.25) is 0 Å². The molecule has 0 N–H and O–H groups in total. The van der Waals surface area contributed by atoms with Gasteiger partial charge in [0.1, 0.15) is 11.5 Å². The van der Waals surface area contributed by atoms with E-state index in [0.29, 0.717) is 31.1 Å². The summed E-state index contributed by atoms with van der Waals surface area (Å²) in [5, 5.41) is 0. The number of esters is 1. The molecule has 3 aromatic carbocycles. The number of hydrogen-bond donors (Lipinski definition) is 0. The van der Waals surface area contributed by atoms with E-state index in [1.807, 2.05) is 60.7 Å². The number of rotatable bonds is 8. The van der Waals surface area contributed by atoms with Gasteiger partial charge in [-0.2, -0.15) is 0 Å². The molecule has 0 aliphatic carbocycles. The lowest BCUT2D eigenvalue weighted by Crippen LogP contribution is -2.10. The van der Waals surface area contributed by atoms with Crippen LogP contribution in [0.15, 0.2) is 77.3 Å². The second-order valence-corrected chi connectivity index (χ2v) is 8.02. The highest BCUT2D eigenvalue weighted by molar-refractivity contribution is 9.10. The van der Waals surface area contributed by atoms with Crippen molar-refractivity contribution in [2.45, 2.75) is 32.6 Å². The van der Waals surface area contributed by atoms with Gasteiger partial charge in [-0.05, 0) is 69.2 Å². The Hall–Kier alpha value is -2.59. The molecule has 0 atom stereocenters. The molecule has 0 fully saturated rings. The molecule has 0 aliphatic rings. The molecule has 0 heterocycles. The van der Waals surface area contributed by atoms with Gasteiger partial charge >= 0.3 is 5.97 Å².